The summed E-state index contributed by atoms with van der Waals surface area (Å²) >= 11 is 4.66. The number of nitrogens with zero attached hydrogens (tertiary/aromatic N) is 2. The number of carboxylic acids is 1. The molecule has 2 aromatic carbocycles. The van der Waals surface area contributed by atoms with E-state index in [1.807, 2.05) is 31.2 Å². The van der Waals surface area contributed by atoms with Gasteiger partial charge in [-0.1, -0.05) is 0 Å². The lowest BCUT2D eigenvalue weighted by Crippen LogP contribution is -2.28. The molecule has 1 heterocycles. The van der Waals surface area contributed by atoms with Crippen LogP contribution in [0.1, 0.15) is 12.5 Å². The van der Waals surface area contributed by atoms with Crippen LogP contribution in [0.15, 0.2) is 50.8 Å². The highest BCUT2D eigenvalue weighted by Gasteiger charge is 2.32. The van der Waals surface area contributed by atoms with Crippen molar-refractivity contribution >= 4 is 56.5 Å². The van der Waals surface area contributed by atoms with Crippen molar-refractivity contribution in [3.8, 4) is 17.2 Å². The van der Waals surface area contributed by atoms with Crippen LogP contribution in [0, 0.1) is 0 Å². The SMILES string of the molecule is CCN1C(=O)/C(=C\c2cc(Br)c(OCC(=O)O)c(OC)c2)SC1=Nc1ccc(OC)cc1. The summed E-state index contributed by atoms with van der Waals surface area (Å²) in [6.07, 6.45) is 1.74. The Morgan fingerprint density at radius 1 is 1.22 bits per heavy atom. The average molecular weight is 521 g/mol. The zero-order valence-corrected chi connectivity index (χ0v) is 20.0. The molecule has 32 heavy (non-hydrogen) atoms. The summed E-state index contributed by atoms with van der Waals surface area (Å²) in [6.45, 7) is 1.87. The molecule has 0 atom stereocenters. The van der Waals surface area contributed by atoms with E-state index in [4.69, 9.17) is 19.3 Å². The number of carbonyl (C=O) groups excluding carboxylic acids is 1. The van der Waals surface area contributed by atoms with Crippen LogP contribution >= 0.6 is 27.7 Å². The van der Waals surface area contributed by atoms with Gasteiger partial charge in [-0.25, -0.2) is 9.79 Å². The van der Waals surface area contributed by atoms with E-state index in [9.17, 15) is 9.59 Å². The number of thioether (sulfide) groups is 1. The van der Waals surface area contributed by atoms with Crippen LogP contribution in [0.5, 0.6) is 17.2 Å². The largest absolute Gasteiger partial charge is 0.497 e. The van der Waals surface area contributed by atoms with Crippen LogP contribution in [0.3, 0.4) is 0 Å². The van der Waals surface area contributed by atoms with Gasteiger partial charge in [0.15, 0.2) is 23.3 Å². The fourth-order valence-electron chi connectivity index (χ4n) is 2.89. The molecular weight excluding hydrogens is 500 g/mol. The fraction of sp³-hybridized carbons (Fsp3) is 0.227. The highest BCUT2D eigenvalue weighted by Crippen LogP contribution is 2.39. The standard InChI is InChI=1S/C22H21BrN2O6S/c1-4-25-21(28)18(32-22(25)24-14-5-7-15(29-2)8-6-14)11-13-9-16(23)20(17(10-13)30-3)31-12-19(26)27/h5-11H,4,12H2,1-3H3,(H,26,27)/b18-11+,24-22?. The minimum Gasteiger partial charge on any atom is -0.497 e. The molecule has 8 nitrogen and oxygen atoms in total. The first kappa shape index (κ1) is 23.7. The van der Waals surface area contributed by atoms with Crippen molar-refractivity contribution < 1.29 is 28.9 Å². The number of halogens is 1. The highest BCUT2D eigenvalue weighted by atomic mass is 79.9. The number of ether oxygens (including phenoxy) is 3. The molecule has 2 aromatic rings. The minimum absolute atomic E-state index is 0.147. The van der Waals surface area contributed by atoms with Crippen LogP contribution in [0.25, 0.3) is 6.08 Å². The van der Waals surface area contributed by atoms with Crippen LogP contribution in [-0.4, -0.2) is 54.4 Å². The summed E-state index contributed by atoms with van der Waals surface area (Å²) in [5, 5.41) is 9.44. The molecule has 1 saturated heterocycles. The molecule has 10 heteroatoms. The Labute approximate surface area is 198 Å². The van der Waals surface area contributed by atoms with Gasteiger partial charge in [0.25, 0.3) is 5.91 Å². The molecule has 0 bridgehead atoms. The first-order chi connectivity index (χ1) is 15.4. The van der Waals surface area contributed by atoms with E-state index < -0.39 is 12.6 Å². The van der Waals surface area contributed by atoms with E-state index in [2.05, 4.69) is 20.9 Å². The van der Waals surface area contributed by atoms with Crippen molar-refractivity contribution in [2.24, 2.45) is 4.99 Å². The molecule has 0 aliphatic carbocycles. The summed E-state index contributed by atoms with van der Waals surface area (Å²) in [6, 6.07) is 10.7. The second-order valence-electron chi connectivity index (χ2n) is 6.47. The summed E-state index contributed by atoms with van der Waals surface area (Å²) in [5.41, 5.74) is 1.40. The first-order valence-corrected chi connectivity index (χ1v) is 11.1. The Hall–Kier alpha value is -2.98. The number of amidine groups is 1. The molecule has 0 spiro atoms. The number of hydrogen-bond donors (Lipinski definition) is 1. The highest BCUT2D eigenvalue weighted by molar-refractivity contribution is 9.10. The number of carboxylic acid groups (broad SMARTS) is 1. The van der Waals surface area contributed by atoms with Crippen LogP contribution in [0.2, 0.25) is 0 Å². The molecule has 1 fully saturated rings. The van der Waals surface area contributed by atoms with Gasteiger partial charge in [-0.05, 0) is 82.7 Å². The molecule has 168 valence electrons. The first-order valence-electron chi connectivity index (χ1n) is 9.52. The maximum atomic E-state index is 12.9. The van der Waals surface area contributed by atoms with Crippen molar-refractivity contribution in [3.63, 3.8) is 0 Å². The number of hydrogen-bond acceptors (Lipinski definition) is 7. The van der Waals surface area contributed by atoms with Crippen molar-refractivity contribution in [2.75, 3.05) is 27.4 Å². The fourth-order valence-corrected chi connectivity index (χ4v) is 4.52. The summed E-state index contributed by atoms with van der Waals surface area (Å²) < 4.78 is 16.3. The van der Waals surface area contributed by atoms with E-state index >= 15 is 0 Å². The van der Waals surface area contributed by atoms with Crippen LogP contribution < -0.4 is 14.2 Å². The zero-order valence-electron chi connectivity index (χ0n) is 17.6. The smallest absolute Gasteiger partial charge is 0.341 e. The Kier molecular flexibility index (Phi) is 7.81. The van der Waals surface area contributed by atoms with E-state index in [0.29, 0.717) is 38.1 Å². The molecule has 1 N–H and O–H groups in total. The Morgan fingerprint density at radius 2 is 1.94 bits per heavy atom. The van der Waals surface area contributed by atoms with Crippen molar-refractivity contribution in [2.45, 2.75) is 6.92 Å². The second-order valence-corrected chi connectivity index (χ2v) is 8.33. The monoisotopic (exact) mass is 520 g/mol. The van der Waals surface area contributed by atoms with Gasteiger partial charge < -0.3 is 19.3 Å². The van der Waals surface area contributed by atoms with Crippen LogP contribution in [-0.2, 0) is 9.59 Å². The quantitative estimate of drug-likeness (QED) is 0.509. The van der Waals surface area contributed by atoms with E-state index in [-0.39, 0.29) is 11.7 Å². The Bertz CT molecular complexity index is 1080. The molecule has 1 aliphatic heterocycles. The van der Waals surface area contributed by atoms with Crippen molar-refractivity contribution in [1.82, 2.24) is 4.90 Å². The van der Waals surface area contributed by atoms with Gasteiger partial charge in [-0.3, -0.25) is 9.69 Å². The maximum absolute atomic E-state index is 12.9. The molecule has 1 amide bonds. The number of aliphatic imine (C=N–C) groups is 1. The number of amides is 1. The summed E-state index contributed by atoms with van der Waals surface area (Å²) in [7, 11) is 3.06. The lowest BCUT2D eigenvalue weighted by Gasteiger charge is -2.12. The number of aliphatic carboxylic acids is 1. The van der Waals surface area contributed by atoms with Gasteiger partial charge in [-0.15, -0.1) is 0 Å². The lowest BCUT2D eigenvalue weighted by molar-refractivity contribution is -0.139. The predicted molar refractivity (Wildman–Crippen MR) is 127 cm³/mol. The number of rotatable bonds is 8. The van der Waals surface area contributed by atoms with Gasteiger partial charge in [-0.2, -0.15) is 0 Å². The maximum Gasteiger partial charge on any atom is 0.341 e. The van der Waals surface area contributed by atoms with Crippen molar-refractivity contribution in [1.29, 1.82) is 0 Å². The third-order valence-corrected chi connectivity index (χ3v) is 5.99. The van der Waals surface area contributed by atoms with Gasteiger partial charge in [0, 0.05) is 6.54 Å². The van der Waals surface area contributed by atoms with Crippen LogP contribution in [0.4, 0.5) is 5.69 Å². The van der Waals surface area contributed by atoms with Crippen molar-refractivity contribution in [3.05, 3.63) is 51.3 Å². The molecule has 0 radical (unpaired) electrons. The number of carbonyl (C=O) groups is 2. The normalized spacial score (nSPS) is 16.0. The predicted octanol–water partition coefficient (Wildman–Crippen LogP) is 4.55. The number of methoxy groups -OCH3 is 2. The molecule has 3 rings (SSSR count). The molecule has 0 unspecified atom stereocenters. The molecule has 0 saturated carbocycles. The number of benzene rings is 2. The summed E-state index contributed by atoms with van der Waals surface area (Å²) in [5.74, 6) is 0.113. The average Bonchev–Trinajstić information content (AvgIpc) is 3.06. The molecule has 0 aromatic heterocycles. The number of likely N-dealkylation sites (N-methyl/N-ethyl adjacent to an activating group) is 1. The topological polar surface area (TPSA) is 97.7 Å². The van der Waals surface area contributed by atoms with E-state index in [0.717, 1.165) is 5.75 Å². The lowest BCUT2D eigenvalue weighted by atomic mass is 10.2. The van der Waals surface area contributed by atoms with E-state index in [1.165, 1.54) is 18.9 Å². The second kappa shape index (κ2) is 10.6. The minimum atomic E-state index is -1.10. The Balaban J connectivity index is 1.90. The third kappa shape index (κ3) is 5.43. The van der Waals surface area contributed by atoms with Gasteiger partial charge in [0.2, 0.25) is 0 Å². The third-order valence-electron chi connectivity index (χ3n) is 4.39. The molecular formula is C22H21BrN2O6S. The van der Waals surface area contributed by atoms with Gasteiger partial charge >= 0.3 is 5.97 Å². The summed E-state index contributed by atoms with van der Waals surface area (Å²) in [4.78, 5) is 30.5. The van der Waals surface area contributed by atoms with E-state index in [1.54, 1.807) is 30.2 Å². The molecule has 1 aliphatic rings. The Morgan fingerprint density at radius 3 is 2.53 bits per heavy atom. The van der Waals surface area contributed by atoms with Gasteiger partial charge in [0.1, 0.15) is 5.75 Å². The zero-order chi connectivity index (χ0) is 23.3. The van der Waals surface area contributed by atoms with Gasteiger partial charge in [0.05, 0.1) is 29.3 Å².